The molecule has 42 heavy (non-hydrogen) atoms. The second kappa shape index (κ2) is 14.5. The Bertz CT molecular complexity index is 1290. The van der Waals surface area contributed by atoms with Crippen LogP contribution in [0, 0.1) is 5.92 Å². The Morgan fingerprint density at radius 2 is 1.55 bits per heavy atom. The van der Waals surface area contributed by atoms with Crippen LogP contribution in [0.25, 0.3) is 0 Å². The lowest BCUT2D eigenvalue weighted by molar-refractivity contribution is -0.276. The van der Waals surface area contributed by atoms with Gasteiger partial charge >= 0.3 is 0 Å². The van der Waals surface area contributed by atoms with Gasteiger partial charge in [0.2, 0.25) is 0 Å². The summed E-state index contributed by atoms with van der Waals surface area (Å²) >= 11 is 16.9. The van der Waals surface area contributed by atoms with Gasteiger partial charge in [-0.05, 0) is 36.2 Å². The molecular formula is C32H37Cl3N2O5. The Hall–Kier alpha value is -2.20. The molecule has 1 saturated heterocycles. The molecule has 1 heterocycles. The molecule has 3 N–H and O–H groups in total. The molecule has 0 aromatic heterocycles. The van der Waals surface area contributed by atoms with Gasteiger partial charge in [-0.3, -0.25) is 9.69 Å². The minimum atomic E-state index is -2.03. The maximum Gasteiger partial charge on any atom is 0.272 e. The van der Waals surface area contributed by atoms with Crippen LogP contribution in [0.15, 0.2) is 78.9 Å². The van der Waals surface area contributed by atoms with Crippen molar-refractivity contribution in [2.24, 2.45) is 5.92 Å². The number of carbonyl (C=O) groups excluding carboxylic acids is 1. The van der Waals surface area contributed by atoms with Crippen molar-refractivity contribution in [3.8, 4) is 0 Å². The van der Waals surface area contributed by atoms with Gasteiger partial charge in [-0.25, -0.2) is 0 Å². The Kier molecular flexibility index (Phi) is 11.3. The Morgan fingerprint density at radius 1 is 0.952 bits per heavy atom. The normalized spacial score (nSPS) is 22.5. The van der Waals surface area contributed by atoms with Gasteiger partial charge < -0.3 is 25.0 Å². The lowest BCUT2D eigenvalue weighted by Crippen LogP contribution is -2.46. The number of halogens is 3. The number of carbonyl (C=O) groups is 1. The predicted molar refractivity (Wildman–Crippen MR) is 165 cm³/mol. The van der Waals surface area contributed by atoms with E-state index < -0.39 is 22.1 Å². The van der Waals surface area contributed by atoms with Crippen LogP contribution in [0.4, 0.5) is 0 Å². The molecule has 0 saturated carbocycles. The minimum Gasteiger partial charge on any atom is -0.392 e. The summed E-state index contributed by atoms with van der Waals surface area (Å²) < 4.78 is 11.1. The van der Waals surface area contributed by atoms with Gasteiger partial charge in [0.25, 0.3) is 9.70 Å². The first-order valence-corrected chi connectivity index (χ1v) is 15.0. The topological polar surface area (TPSA) is 91.3 Å². The first-order chi connectivity index (χ1) is 20.0. The lowest BCUT2D eigenvalue weighted by Gasteiger charge is -2.43. The number of nitrogens with zero attached hydrogens (tertiary/aromatic N) is 1. The summed E-state index contributed by atoms with van der Waals surface area (Å²) in [5.74, 6) is -0.709. The first-order valence-electron chi connectivity index (χ1n) is 13.9. The smallest absolute Gasteiger partial charge is 0.272 e. The summed E-state index contributed by atoms with van der Waals surface area (Å²) in [6.07, 6.45) is -1.79. The molecule has 1 amide bonds. The van der Waals surface area contributed by atoms with Crippen LogP contribution in [-0.4, -0.2) is 50.6 Å². The largest absolute Gasteiger partial charge is 0.392 e. The molecule has 1 fully saturated rings. The van der Waals surface area contributed by atoms with Crippen LogP contribution in [0.3, 0.4) is 0 Å². The molecule has 0 radical (unpaired) electrons. The third-order valence-electron chi connectivity index (χ3n) is 7.85. The summed E-state index contributed by atoms with van der Waals surface area (Å²) in [7, 11) is 1.99. The van der Waals surface area contributed by atoms with E-state index >= 15 is 0 Å². The Morgan fingerprint density at radius 3 is 2.14 bits per heavy atom. The van der Waals surface area contributed by atoms with Crippen molar-refractivity contribution in [3.05, 3.63) is 107 Å². The fourth-order valence-electron chi connectivity index (χ4n) is 5.02. The predicted octanol–water partition coefficient (Wildman–Crippen LogP) is 6.01. The zero-order valence-electron chi connectivity index (χ0n) is 23.8. The van der Waals surface area contributed by atoms with E-state index in [4.69, 9.17) is 44.3 Å². The number of benzene rings is 3. The summed E-state index contributed by atoms with van der Waals surface area (Å²) in [5.41, 5.74) is 4.32. The van der Waals surface area contributed by atoms with Crippen molar-refractivity contribution in [1.29, 1.82) is 0 Å². The van der Waals surface area contributed by atoms with E-state index in [9.17, 15) is 15.0 Å². The molecule has 6 atom stereocenters. The molecule has 0 aliphatic carbocycles. The van der Waals surface area contributed by atoms with Gasteiger partial charge in [-0.2, -0.15) is 0 Å². The SMILES string of the molecule is C[C@@H]1[C@H](CN(C)[C@H](C)[C@@H](O)c2ccccc2)O[C@H](c2ccc(CNC(=O)C(Cl)(Cl)Cl)cc2)O[C@@H]1c1ccc(CO)cc1. The van der Waals surface area contributed by atoms with Gasteiger partial charge in [0.05, 0.1) is 24.9 Å². The number of aliphatic hydroxyl groups excluding tert-OH is 2. The second-order valence-electron chi connectivity index (χ2n) is 10.8. The molecule has 10 heteroatoms. The molecule has 0 bridgehead atoms. The quantitative estimate of drug-likeness (QED) is 0.237. The number of ether oxygens (including phenoxy) is 2. The number of hydrogen-bond acceptors (Lipinski definition) is 6. The van der Waals surface area contributed by atoms with E-state index in [2.05, 4.69) is 17.1 Å². The number of nitrogens with one attached hydrogen (secondary N) is 1. The molecule has 7 nitrogen and oxygen atoms in total. The van der Waals surface area contributed by atoms with Crippen molar-refractivity contribution < 1.29 is 24.5 Å². The van der Waals surface area contributed by atoms with E-state index in [-0.39, 0.29) is 37.3 Å². The van der Waals surface area contributed by atoms with Crippen molar-refractivity contribution in [1.82, 2.24) is 10.2 Å². The van der Waals surface area contributed by atoms with Crippen LogP contribution in [-0.2, 0) is 27.4 Å². The van der Waals surface area contributed by atoms with Gasteiger partial charge in [0, 0.05) is 30.6 Å². The monoisotopic (exact) mass is 634 g/mol. The average Bonchev–Trinajstić information content (AvgIpc) is 3.00. The fraction of sp³-hybridized carbons (Fsp3) is 0.406. The zero-order valence-corrected chi connectivity index (χ0v) is 26.1. The van der Waals surface area contributed by atoms with Crippen molar-refractivity contribution in [3.63, 3.8) is 0 Å². The van der Waals surface area contributed by atoms with Gasteiger partial charge in [0.15, 0.2) is 6.29 Å². The summed E-state index contributed by atoms with van der Waals surface area (Å²) in [5, 5.41) is 23.2. The molecule has 1 aliphatic rings. The highest BCUT2D eigenvalue weighted by molar-refractivity contribution is 6.76. The number of likely N-dealkylation sites (N-methyl/N-ethyl adjacent to an activating group) is 1. The second-order valence-corrected chi connectivity index (χ2v) is 13.1. The number of aliphatic hydroxyl groups is 2. The van der Waals surface area contributed by atoms with E-state index in [0.29, 0.717) is 6.54 Å². The van der Waals surface area contributed by atoms with Crippen molar-refractivity contribution in [2.45, 2.75) is 61.4 Å². The van der Waals surface area contributed by atoms with Crippen molar-refractivity contribution >= 4 is 40.7 Å². The summed E-state index contributed by atoms with van der Waals surface area (Å²) in [6, 6.07) is 24.8. The number of rotatable bonds is 10. The van der Waals surface area contributed by atoms with E-state index in [1.54, 1.807) is 0 Å². The van der Waals surface area contributed by atoms with E-state index in [1.807, 2.05) is 92.8 Å². The molecular weight excluding hydrogens is 599 g/mol. The number of amides is 1. The molecule has 0 unspecified atom stereocenters. The van der Waals surface area contributed by atoms with Gasteiger partial charge in [-0.15, -0.1) is 0 Å². The molecule has 4 rings (SSSR count). The third-order valence-corrected chi connectivity index (χ3v) is 8.36. The van der Waals surface area contributed by atoms with Crippen LogP contribution >= 0.6 is 34.8 Å². The highest BCUT2D eigenvalue weighted by Crippen LogP contribution is 2.42. The maximum atomic E-state index is 11.9. The average molecular weight is 636 g/mol. The van der Waals surface area contributed by atoms with Crippen LogP contribution in [0.5, 0.6) is 0 Å². The first kappa shape index (κ1) is 32.7. The van der Waals surface area contributed by atoms with Crippen LogP contribution in [0.2, 0.25) is 0 Å². The van der Waals surface area contributed by atoms with E-state index in [1.165, 1.54) is 0 Å². The zero-order chi connectivity index (χ0) is 30.4. The molecule has 3 aromatic carbocycles. The lowest BCUT2D eigenvalue weighted by atomic mass is 9.89. The van der Waals surface area contributed by atoms with Crippen LogP contribution < -0.4 is 5.32 Å². The Balaban J connectivity index is 1.53. The fourth-order valence-corrected chi connectivity index (χ4v) is 5.22. The van der Waals surface area contributed by atoms with E-state index in [0.717, 1.165) is 27.8 Å². The molecule has 1 aliphatic heterocycles. The maximum absolute atomic E-state index is 11.9. The third kappa shape index (κ3) is 8.24. The summed E-state index contributed by atoms with van der Waals surface area (Å²) in [4.78, 5) is 14.0. The van der Waals surface area contributed by atoms with Gasteiger partial charge in [0.1, 0.15) is 0 Å². The van der Waals surface area contributed by atoms with Gasteiger partial charge in [-0.1, -0.05) is 121 Å². The molecule has 226 valence electrons. The number of alkyl halides is 3. The van der Waals surface area contributed by atoms with Crippen molar-refractivity contribution in [2.75, 3.05) is 13.6 Å². The summed E-state index contributed by atoms with van der Waals surface area (Å²) in [6.45, 7) is 4.85. The minimum absolute atomic E-state index is 0.0128. The molecule has 0 spiro atoms. The highest BCUT2D eigenvalue weighted by Gasteiger charge is 2.39. The molecule has 3 aromatic rings. The number of hydrogen-bond donors (Lipinski definition) is 3. The standard InChI is InChI=1S/C32H37Cl3N2O5/c1-20-27(18-37(3)21(2)28(39)24-7-5-4-6-8-24)41-30(42-29(20)25-13-11-23(19-38)12-14-25)26-15-9-22(10-16-26)17-36-31(40)32(33,34)35/h4-16,20-21,27-30,38-39H,17-19H2,1-3H3,(H,36,40)/t20-,21-,27+,28-,29+,30+/m1/s1. The highest BCUT2D eigenvalue weighted by atomic mass is 35.6. The van der Waals surface area contributed by atoms with Crippen LogP contribution in [0.1, 0.15) is 60.2 Å². The Labute approximate surface area is 262 Å².